The Kier molecular flexibility index (Phi) is 7.19. The van der Waals surface area contributed by atoms with Crippen LogP contribution < -0.4 is 5.56 Å². The first kappa shape index (κ1) is 24.7. The molecule has 9 heteroatoms. The molecule has 0 saturated heterocycles. The predicted molar refractivity (Wildman–Crippen MR) is 139 cm³/mol. The molecule has 4 aromatic rings. The number of unbranched alkanes of at least 4 members (excludes halogenated alkanes) is 1. The van der Waals surface area contributed by atoms with E-state index in [1.165, 1.54) is 0 Å². The molecule has 36 heavy (non-hydrogen) atoms. The Hall–Kier alpha value is -4.40. The Morgan fingerprint density at radius 1 is 1.08 bits per heavy atom. The van der Waals surface area contributed by atoms with Crippen molar-refractivity contribution in [2.24, 2.45) is 5.18 Å². The lowest BCUT2D eigenvalue weighted by molar-refractivity contribution is 0.445. The Morgan fingerprint density at radius 2 is 1.81 bits per heavy atom. The van der Waals surface area contributed by atoms with Gasteiger partial charge in [0.1, 0.15) is 16.9 Å². The summed E-state index contributed by atoms with van der Waals surface area (Å²) in [4.78, 5) is 28.1. The summed E-state index contributed by atoms with van der Waals surface area (Å²) in [7, 11) is 0. The molecule has 9 nitrogen and oxygen atoms in total. The van der Waals surface area contributed by atoms with Gasteiger partial charge in [-0.3, -0.25) is 15.6 Å². The van der Waals surface area contributed by atoms with Gasteiger partial charge in [0.25, 0.3) is 5.56 Å². The zero-order valence-corrected chi connectivity index (χ0v) is 20.4. The Bertz CT molecular complexity index is 1510. The van der Waals surface area contributed by atoms with Crippen LogP contribution in [0.1, 0.15) is 47.8 Å². The first-order valence-electron chi connectivity index (χ1n) is 11.7. The van der Waals surface area contributed by atoms with Gasteiger partial charge >= 0.3 is 0 Å². The van der Waals surface area contributed by atoms with Gasteiger partial charge in [-0.05, 0) is 60.7 Å². The molecule has 3 N–H and O–H groups in total. The second kappa shape index (κ2) is 10.5. The largest absolute Gasteiger partial charge is 0.424 e. The van der Waals surface area contributed by atoms with Crippen LogP contribution in [0.25, 0.3) is 22.1 Å². The summed E-state index contributed by atoms with van der Waals surface area (Å²) in [6, 6.07) is 13.0. The third-order valence-corrected chi connectivity index (χ3v) is 6.10. The highest BCUT2D eigenvalue weighted by Gasteiger charge is 2.26. The predicted octanol–water partition coefficient (Wildman–Crippen LogP) is 6.10. The van der Waals surface area contributed by atoms with E-state index in [1.807, 2.05) is 57.2 Å². The average Bonchev–Trinajstić information content (AvgIpc) is 3.25. The lowest BCUT2D eigenvalue weighted by atomic mass is 9.90. The Balaban J connectivity index is 1.75. The van der Waals surface area contributed by atoms with Crippen LogP contribution in [0.2, 0.25) is 0 Å². The number of ether oxygens (including phenoxy) is 1. The lowest BCUT2D eigenvalue weighted by Crippen LogP contribution is -2.25. The smallest absolute Gasteiger partial charge is 0.263 e. The van der Waals surface area contributed by atoms with Gasteiger partial charge in [-0.2, -0.15) is 0 Å². The Morgan fingerprint density at radius 3 is 2.50 bits per heavy atom. The highest BCUT2D eigenvalue weighted by atomic mass is 16.5. The van der Waals surface area contributed by atoms with Crippen molar-refractivity contribution in [3.63, 3.8) is 0 Å². The first-order valence-corrected chi connectivity index (χ1v) is 11.7. The van der Waals surface area contributed by atoms with Gasteiger partial charge in [-0.25, -0.2) is 0 Å². The van der Waals surface area contributed by atoms with Crippen molar-refractivity contribution >= 4 is 28.5 Å². The van der Waals surface area contributed by atoms with Gasteiger partial charge in [0.05, 0.1) is 6.42 Å². The van der Waals surface area contributed by atoms with Gasteiger partial charge in [0.15, 0.2) is 11.5 Å². The lowest BCUT2D eigenvalue weighted by Gasteiger charge is -2.18. The summed E-state index contributed by atoms with van der Waals surface area (Å²) < 4.78 is 10.7. The number of para-hydroxylation sites is 1. The van der Waals surface area contributed by atoms with Crippen molar-refractivity contribution in [2.45, 2.75) is 46.5 Å². The average molecular weight is 486 g/mol. The molecular weight excluding hydrogens is 458 g/mol. The van der Waals surface area contributed by atoms with E-state index in [4.69, 9.17) is 20.1 Å². The molecule has 0 saturated carbocycles. The summed E-state index contributed by atoms with van der Waals surface area (Å²) >= 11 is 0. The van der Waals surface area contributed by atoms with E-state index in [-0.39, 0.29) is 23.6 Å². The number of pyridine rings is 1. The molecule has 0 aliphatic carbocycles. The fourth-order valence-corrected chi connectivity index (χ4v) is 4.39. The molecule has 0 atom stereocenters. The second-order valence-corrected chi connectivity index (χ2v) is 8.65. The van der Waals surface area contributed by atoms with E-state index >= 15 is 0 Å². The fourth-order valence-electron chi connectivity index (χ4n) is 4.39. The molecule has 0 aliphatic heterocycles. The highest BCUT2D eigenvalue weighted by Crippen LogP contribution is 2.38. The van der Waals surface area contributed by atoms with E-state index in [9.17, 15) is 9.70 Å². The standard InChI is InChI=1S/C27H27N5O4/c1-4-5-12-18-23(22-15(2)9-8-10-16(22)3)25(31-34)24(27(33)30-18)26(29)35-21(28)14-19-17-11-6-7-13-20(17)36-32-19/h6-11,13,28-29H,4-5,12,14H2,1-3H3,(H,30,33). The molecule has 0 radical (unpaired) electrons. The first-order chi connectivity index (χ1) is 17.3. The van der Waals surface area contributed by atoms with Crippen LogP contribution in [0, 0.1) is 29.6 Å². The molecule has 2 aromatic heterocycles. The second-order valence-electron chi connectivity index (χ2n) is 8.65. The summed E-state index contributed by atoms with van der Waals surface area (Å²) in [6.07, 6.45) is 2.18. The summed E-state index contributed by atoms with van der Waals surface area (Å²) in [5.41, 5.74) is 3.60. The minimum absolute atomic E-state index is 0.0561. The van der Waals surface area contributed by atoms with Crippen molar-refractivity contribution < 1.29 is 9.26 Å². The molecule has 0 aliphatic rings. The van der Waals surface area contributed by atoms with Gasteiger partial charge in [0.2, 0.25) is 5.90 Å². The summed E-state index contributed by atoms with van der Waals surface area (Å²) in [5, 5.41) is 24.7. The zero-order valence-electron chi connectivity index (χ0n) is 20.4. The topological polar surface area (TPSA) is 145 Å². The number of aromatic nitrogens is 2. The van der Waals surface area contributed by atoms with Crippen molar-refractivity contribution in [2.75, 3.05) is 0 Å². The molecule has 0 amide bonds. The maximum Gasteiger partial charge on any atom is 0.263 e. The van der Waals surface area contributed by atoms with Crippen LogP contribution >= 0.6 is 0 Å². The van der Waals surface area contributed by atoms with Crippen LogP contribution in [-0.4, -0.2) is 21.9 Å². The van der Waals surface area contributed by atoms with E-state index in [0.717, 1.165) is 34.9 Å². The van der Waals surface area contributed by atoms with E-state index in [1.54, 1.807) is 6.07 Å². The SMILES string of the molecule is CCCCc1[nH]c(=O)c(C(=N)OC(=N)Cc2noc3ccccc23)c(N=O)c1-c1c(C)cccc1C. The monoisotopic (exact) mass is 485 g/mol. The number of H-pyrrole nitrogens is 1. The number of nitrogens with one attached hydrogen (secondary N) is 3. The molecule has 0 fully saturated rings. The van der Waals surface area contributed by atoms with E-state index in [2.05, 4.69) is 15.3 Å². The van der Waals surface area contributed by atoms with E-state index < -0.39 is 11.5 Å². The molecule has 184 valence electrons. The number of nitroso groups, excluding NO2 is 1. The number of benzene rings is 2. The fraction of sp³-hybridized carbons (Fsp3) is 0.259. The maximum atomic E-state index is 13.1. The van der Waals surface area contributed by atoms with Crippen molar-refractivity contribution in [1.29, 1.82) is 10.8 Å². The molecule has 2 heterocycles. The van der Waals surface area contributed by atoms with Crippen molar-refractivity contribution in [3.05, 3.63) is 85.8 Å². The normalized spacial score (nSPS) is 11.0. The van der Waals surface area contributed by atoms with Crippen LogP contribution in [0.5, 0.6) is 0 Å². The number of nitrogens with zero attached hydrogens (tertiary/aromatic N) is 2. The summed E-state index contributed by atoms with van der Waals surface area (Å²) in [6.45, 7) is 5.88. The minimum Gasteiger partial charge on any atom is -0.424 e. The summed E-state index contributed by atoms with van der Waals surface area (Å²) in [5.74, 6) is -0.947. The van der Waals surface area contributed by atoms with E-state index in [0.29, 0.717) is 29.0 Å². The third-order valence-electron chi connectivity index (χ3n) is 6.10. The van der Waals surface area contributed by atoms with Crippen molar-refractivity contribution in [1.82, 2.24) is 10.1 Å². The Labute approximate surface area is 207 Å². The number of aromatic amines is 1. The molecule has 4 rings (SSSR count). The molecular formula is C27H27N5O4. The van der Waals surface area contributed by atoms with Crippen LogP contribution in [0.15, 0.2) is 57.0 Å². The van der Waals surface area contributed by atoms with Gasteiger partial charge in [-0.1, -0.05) is 48.8 Å². The number of hydrogen-bond donors (Lipinski definition) is 3. The van der Waals surface area contributed by atoms with Crippen molar-refractivity contribution in [3.8, 4) is 11.1 Å². The third kappa shape index (κ3) is 4.72. The highest BCUT2D eigenvalue weighted by molar-refractivity contribution is 6.05. The molecule has 0 bridgehead atoms. The molecule has 0 unspecified atom stereocenters. The molecule has 0 spiro atoms. The number of hydrogen-bond acceptors (Lipinski definition) is 8. The minimum atomic E-state index is -0.657. The van der Waals surface area contributed by atoms with Crippen LogP contribution in [0.3, 0.4) is 0 Å². The number of rotatable bonds is 8. The van der Waals surface area contributed by atoms with Crippen LogP contribution in [-0.2, 0) is 17.6 Å². The zero-order chi connectivity index (χ0) is 25.8. The van der Waals surface area contributed by atoms with Gasteiger partial charge < -0.3 is 14.2 Å². The van der Waals surface area contributed by atoms with Gasteiger partial charge in [0, 0.05) is 16.6 Å². The number of fused-ring (bicyclic) bond motifs is 1. The van der Waals surface area contributed by atoms with Gasteiger partial charge in [-0.15, -0.1) is 4.91 Å². The number of aryl methyl sites for hydroxylation is 3. The maximum absolute atomic E-state index is 13.1. The quantitative estimate of drug-likeness (QED) is 0.157. The molecule has 2 aromatic carbocycles. The van der Waals surface area contributed by atoms with Crippen LogP contribution in [0.4, 0.5) is 5.69 Å².